The van der Waals surface area contributed by atoms with Gasteiger partial charge in [0.25, 0.3) is 10.1 Å². The van der Waals surface area contributed by atoms with Crippen LogP contribution in [0.1, 0.15) is 17.0 Å². The van der Waals surface area contributed by atoms with Gasteiger partial charge in [0.05, 0.1) is 12.9 Å². The summed E-state index contributed by atoms with van der Waals surface area (Å²) in [5, 5.41) is 1.64. The van der Waals surface area contributed by atoms with Gasteiger partial charge in [0.15, 0.2) is 0 Å². The van der Waals surface area contributed by atoms with Crippen molar-refractivity contribution in [2.24, 2.45) is 0 Å². The Morgan fingerprint density at radius 1 is 1.00 bits per heavy atom. The number of halogens is 3. The zero-order chi connectivity index (χ0) is 17.0. The standard InChI is InChI=1S/C16H15Cl3O3S/c1-23(20,21)22-10-12(8-11-2-4-13(17)5-3-11)15-7-6-14(18)9-16(15)19/h2-7,9,12H,8,10H2,1H3/t12-/m1/s1. The van der Waals surface area contributed by atoms with Gasteiger partial charge in [-0.15, -0.1) is 0 Å². The molecule has 0 aromatic heterocycles. The molecule has 0 heterocycles. The SMILES string of the molecule is CS(=O)(=O)OC[C@@H](Cc1ccc(Cl)cc1)c1ccc(Cl)cc1Cl. The highest BCUT2D eigenvalue weighted by Crippen LogP contribution is 2.31. The molecule has 0 aliphatic heterocycles. The van der Waals surface area contributed by atoms with Crippen LogP contribution in [0.15, 0.2) is 42.5 Å². The maximum Gasteiger partial charge on any atom is 0.264 e. The third kappa shape index (κ3) is 5.98. The van der Waals surface area contributed by atoms with Crippen molar-refractivity contribution in [2.75, 3.05) is 12.9 Å². The van der Waals surface area contributed by atoms with Crippen molar-refractivity contribution in [1.82, 2.24) is 0 Å². The number of hydrogen-bond acceptors (Lipinski definition) is 3. The van der Waals surface area contributed by atoms with E-state index in [4.69, 9.17) is 39.0 Å². The molecule has 1 atom stereocenters. The molecule has 0 bridgehead atoms. The molecule has 23 heavy (non-hydrogen) atoms. The highest BCUT2D eigenvalue weighted by Gasteiger charge is 2.18. The van der Waals surface area contributed by atoms with E-state index in [-0.39, 0.29) is 12.5 Å². The second kappa shape index (κ2) is 7.86. The Bertz CT molecular complexity index is 774. The normalized spacial score (nSPS) is 13.0. The van der Waals surface area contributed by atoms with Gasteiger partial charge in [0.2, 0.25) is 0 Å². The van der Waals surface area contributed by atoms with Crippen LogP contribution in [0.2, 0.25) is 15.1 Å². The van der Waals surface area contributed by atoms with Crippen LogP contribution in [0.4, 0.5) is 0 Å². The van der Waals surface area contributed by atoms with Crippen molar-refractivity contribution in [3.05, 3.63) is 68.7 Å². The van der Waals surface area contributed by atoms with Gasteiger partial charge in [-0.1, -0.05) is 53.0 Å². The summed E-state index contributed by atoms with van der Waals surface area (Å²) < 4.78 is 27.6. The number of benzene rings is 2. The quantitative estimate of drug-likeness (QED) is 0.652. The van der Waals surface area contributed by atoms with E-state index in [1.54, 1.807) is 30.3 Å². The van der Waals surface area contributed by atoms with Gasteiger partial charge in [-0.2, -0.15) is 8.42 Å². The van der Waals surface area contributed by atoms with E-state index < -0.39 is 10.1 Å². The van der Waals surface area contributed by atoms with E-state index in [0.29, 0.717) is 21.5 Å². The van der Waals surface area contributed by atoms with E-state index in [1.165, 1.54) is 0 Å². The largest absolute Gasteiger partial charge is 0.270 e. The maximum atomic E-state index is 11.3. The molecule has 0 saturated heterocycles. The van der Waals surface area contributed by atoms with E-state index in [0.717, 1.165) is 17.4 Å². The van der Waals surface area contributed by atoms with Gasteiger partial charge in [-0.05, 0) is 41.8 Å². The third-order valence-corrected chi connectivity index (χ3v) is 4.66. The molecule has 0 amide bonds. The first-order valence-electron chi connectivity index (χ1n) is 6.78. The van der Waals surface area contributed by atoms with Crippen molar-refractivity contribution in [1.29, 1.82) is 0 Å². The fourth-order valence-corrected chi connectivity index (χ4v) is 3.30. The van der Waals surface area contributed by atoms with Crippen LogP contribution in [-0.2, 0) is 20.7 Å². The van der Waals surface area contributed by atoms with E-state index in [9.17, 15) is 8.42 Å². The highest BCUT2D eigenvalue weighted by atomic mass is 35.5. The molecule has 0 saturated carbocycles. The first-order chi connectivity index (χ1) is 10.7. The second-order valence-electron chi connectivity index (χ2n) is 5.18. The van der Waals surface area contributed by atoms with Gasteiger partial charge in [0.1, 0.15) is 0 Å². The molecule has 7 heteroatoms. The smallest absolute Gasteiger partial charge is 0.264 e. The molecule has 0 radical (unpaired) electrons. The maximum absolute atomic E-state index is 11.3. The lowest BCUT2D eigenvalue weighted by molar-refractivity contribution is 0.293. The Morgan fingerprint density at radius 3 is 2.17 bits per heavy atom. The summed E-state index contributed by atoms with van der Waals surface area (Å²) in [4.78, 5) is 0. The third-order valence-electron chi connectivity index (χ3n) is 3.28. The molecular formula is C16H15Cl3O3S. The van der Waals surface area contributed by atoms with Crippen molar-refractivity contribution in [2.45, 2.75) is 12.3 Å². The Morgan fingerprint density at radius 2 is 1.61 bits per heavy atom. The lowest BCUT2D eigenvalue weighted by Crippen LogP contribution is -2.15. The van der Waals surface area contributed by atoms with E-state index >= 15 is 0 Å². The highest BCUT2D eigenvalue weighted by molar-refractivity contribution is 7.85. The zero-order valence-corrected chi connectivity index (χ0v) is 15.4. The average Bonchev–Trinajstić information content (AvgIpc) is 2.45. The predicted octanol–water partition coefficient (Wildman–Crippen LogP) is 4.95. The Balaban J connectivity index is 2.28. The minimum Gasteiger partial charge on any atom is -0.270 e. The zero-order valence-electron chi connectivity index (χ0n) is 12.3. The average molecular weight is 394 g/mol. The number of hydrogen-bond donors (Lipinski definition) is 0. The molecule has 0 fully saturated rings. The van der Waals surface area contributed by atoms with Crippen LogP contribution in [0, 0.1) is 0 Å². The van der Waals surface area contributed by atoms with Crippen molar-refractivity contribution >= 4 is 44.9 Å². The lowest BCUT2D eigenvalue weighted by atomic mass is 9.92. The van der Waals surface area contributed by atoms with Crippen LogP contribution >= 0.6 is 34.8 Å². The second-order valence-corrected chi connectivity index (χ2v) is 8.11. The molecule has 2 aromatic rings. The molecule has 0 aliphatic rings. The summed E-state index contributed by atoms with van der Waals surface area (Å²) in [6, 6.07) is 12.5. The van der Waals surface area contributed by atoms with Crippen LogP contribution in [-0.4, -0.2) is 21.3 Å². The fraction of sp³-hybridized carbons (Fsp3) is 0.250. The van der Waals surface area contributed by atoms with Gasteiger partial charge < -0.3 is 0 Å². The molecule has 3 nitrogen and oxygen atoms in total. The van der Waals surface area contributed by atoms with Gasteiger partial charge in [-0.25, -0.2) is 0 Å². The van der Waals surface area contributed by atoms with E-state index in [2.05, 4.69) is 0 Å². The van der Waals surface area contributed by atoms with Crippen LogP contribution in [0.5, 0.6) is 0 Å². The summed E-state index contributed by atoms with van der Waals surface area (Å²) in [6.07, 6.45) is 1.59. The summed E-state index contributed by atoms with van der Waals surface area (Å²) in [5.41, 5.74) is 1.79. The van der Waals surface area contributed by atoms with Crippen LogP contribution < -0.4 is 0 Å². The molecule has 0 spiro atoms. The monoisotopic (exact) mass is 392 g/mol. The topological polar surface area (TPSA) is 43.4 Å². The minimum absolute atomic E-state index is 0.00279. The molecule has 0 N–H and O–H groups in total. The van der Waals surface area contributed by atoms with E-state index in [1.807, 2.05) is 12.1 Å². The Labute approximate surface area is 151 Å². The predicted molar refractivity (Wildman–Crippen MR) is 95.2 cm³/mol. The van der Waals surface area contributed by atoms with Crippen molar-refractivity contribution in [3.63, 3.8) is 0 Å². The molecule has 2 rings (SSSR count). The molecular weight excluding hydrogens is 379 g/mol. The van der Waals surface area contributed by atoms with Crippen molar-refractivity contribution < 1.29 is 12.6 Å². The molecule has 0 unspecified atom stereocenters. The Hall–Kier alpha value is -0.780. The summed E-state index contributed by atoms with van der Waals surface area (Å²) >= 11 is 18.1. The lowest BCUT2D eigenvalue weighted by Gasteiger charge is -2.18. The summed E-state index contributed by atoms with van der Waals surface area (Å²) in [7, 11) is -3.54. The molecule has 0 aliphatic carbocycles. The van der Waals surface area contributed by atoms with Gasteiger partial charge >= 0.3 is 0 Å². The van der Waals surface area contributed by atoms with Gasteiger partial charge in [-0.3, -0.25) is 4.18 Å². The van der Waals surface area contributed by atoms with Crippen molar-refractivity contribution in [3.8, 4) is 0 Å². The van der Waals surface area contributed by atoms with Crippen LogP contribution in [0.3, 0.4) is 0 Å². The summed E-state index contributed by atoms with van der Waals surface area (Å²) in [6.45, 7) is 0.00279. The van der Waals surface area contributed by atoms with Crippen LogP contribution in [0.25, 0.3) is 0 Å². The first-order valence-corrected chi connectivity index (χ1v) is 9.73. The Kier molecular flexibility index (Phi) is 6.34. The molecule has 2 aromatic carbocycles. The first kappa shape index (κ1) is 18.6. The number of rotatable bonds is 6. The fourth-order valence-electron chi connectivity index (χ4n) is 2.20. The van der Waals surface area contributed by atoms with Gasteiger partial charge in [0, 0.05) is 21.0 Å². The minimum atomic E-state index is -3.54. The molecule has 124 valence electrons. The summed E-state index contributed by atoms with van der Waals surface area (Å²) in [5.74, 6) is -0.226.